The number of hydrogen-bond acceptors (Lipinski definition) is 4. The number of nitrogens with zero attached hydrogens (tertiary/aromatic N) is 2. The van der Waals surface area contributed by atoms with Gasteiger partial charge in [0.15, 0.2) is 0 Å². The normalized spacial score (nSPS) is 11.2. The SMILES string of the molecule is Cc1ccc(Nc2nccc(Nc3ccccc3C(F)(F)F)n2)cc1. The van der Waals surface area contributed by atoms with E-state index in [9.17, 15) is 13.2 Å². The van der Waals surface area contributed by atoms with Crippen LogP contribution < -0.4 is 10.6 Å². The zero-order chi connectivity index (χ0) is 17.9. The predicted molar refractivity (Wildman–Crippen MR) is 91.2 cm³/mol. The molecule has 0 saturated carbocycles. The van der Waals surface area contributed by atoms with Crippen molar-refractivity contribution in [1.29, 1.82) is 0 Å². The van der Waals surface area contributed by atoms with Gasteiger partial charge in [0.2, 0.25) is 5.95 Å². The van der Waals surface area contributed by atoms with Crippen LogP contribution in [0.5, 0.6) is 0 Å². The molecule has 0 aliphatic heterocycles. The lowest BCUT2D eigenvalue weighted by Gasteiger charge is -2.14. The van der Waals surface area contributed by atoms with Crippen LogP contribution in [0.25, 0.3) is 0 Å². The van der Waals surface area contributed by atoms with Crippen molar-refractivity contribution in [2.24, 2.45) is 0 Å². The van der Waals surface area contributed by atoms with E-state index < -0.39 is 11.7 Å². The highest BCUT2D eigenvalue weighted by atomic mass is 19.4. The highest BCUT2D eigenvalue weighted by Crippen LogP contribution is 2.35. The lowest BCUT2D eigenvalue weighted by Crippen LogP contribution is -2.09. The minimum absolute atomic E-state index is 0.0602. The summed E-state index contributed by atoms with van der Waals surface area (Å²) in [4.78, 5) is 8.29. The van der Waals surface area contributed by atoms with Crippen LogP contribution in [0.1, 0.15) is 11.1 Å². The summed E-state index contributed by atoms with van der Waals surface area (Å²) < 4.78 is 39.2. The van der Waals surface area contributed by atoms with E-state index in [1.807, 2.05) is 31.2 Å². The fourth-order valence-electron chi connectivity index (χ4n) is 2.23. The Morgan fingerprint density at radius 3 is 2.32 bits per heavy atom. The number of benzene rings is 2. The maximum Gasteiger partial charge on any atom is 0.418 e. The molecule has 0 atom stereocenters. The zero-order valence-corrected chi connectivity index (χ0v) is 13.3. The number of para-hydroxylation sites is 1. The summed E-state index contributed by atoms with van der Waals surface area (Å²) >= 11 is 0. The molecular formula is C18H15F3N4. The molecule has 0 fully saturated rings. The molecule has 0 saturated heterocycles. The summed E-state index contributed by atoms with van der Waals surface area (Å²) in [6.45, 7) is 1.98. The number of alkyl halides is 3. The number of aromatic nitrogens is 2. The summed E-state index contributed by atoms with van der Waals surface area (Å²) in [6.07, 6.45) is -2.97. The molecule has 4 nitrogen and oxygen atoms in total. The van der Waals surface area contributed by atoms with E-state index >= 15 is 0 Å². The van der Waals surface area contributed by atoms with Crippen LogP contribution in [-0.2, 0) is 6.18 Å². The molecule has 2 N–H and O–H groups in total. The van der Waals surface area contributed by atoms with Gasteiger partial charge in [0.25, 0.3) is 0 Å². The largest absolute Gasteiger partial charge is 0.418 e. The van der Waals surface area contributed by atoms with Crippen molar-refractivity contribution < 1.29 is 13.2 Å². The minimum Gasteiger partial charge on any atom is -0.340 e. The van der Waals surface area contributed by atoms with Gasteiger partial charge in [-0.3, -0.25) is 0 Å². The first kappa shape index (κ1) is 16.8. The Balaban J connectivity index is 1.82. The molecule has 3 aromatic rings. The maximum atomic E-state index is 13.1. The van der Waals surface area contributed by atoms with Crippen molar-refractivity contribution in [1.82, 2.24) is 9.97 Å². The van der Waals surface area contributed by atoms with E-state index in [0.717, 1.165) is 17.3 Å². The number of halogens is 3. The van der Waals surface area contributed by atoms with Gasteiger partial charge in [-0.05, 0) is 37.3 Å². The third-order valence-electron chi connectivity index (χ3n) is 3.46. The first-order valence-electron chi connectivity index (χ1n) is 7.52. The average Bonchev–Trinajstić information content (AvgIpc) is 2.57. The molecule has 128 valence electrons. The lowest BCUT2D eigenvalue weighted by molar-refractivity contribution is -0.136. The van der Waals surface area contributed by atoms with Gasteiger partial charge in [0.1, 0.15) is 5.82 Å². The van der Waals surface area contributed by atoms with Crippen LogP contribution in [0.2, 0.25) is 0 Å². The highest BCUT2D eigenvalue weighted by Gasteiger charge is 2.33. The van der Waals surface area contributed by atoms with E-state index in [0.29, 0.717) is 5.95 Å². The Morgan fingerprint density at radius 2 is 1.60 bits per heavy atom. The molecule has 0 aliphatic carbocycles. The molecular weight excluding hydrogens is 329 g/mol. The Hall–Kier alpha value is -3.09. The molecule has 7 heteroatoms. The van der Waals surface area contributed by atoms with E-state index in [1.54, 1.807) is 0 Å². The Morgan fingerprint density at radius 1 is 0.880 bits per heavy atom. The maximum absolute atomic E-state index is 13.1. The molecule has 0 unspecified atom stereocenters. The average molecular weight is 344 g/mol. The van der Waals surface area contributed by atoms with Gasteiger partial charge in [0, 0.05) is 11.9 Å². The van der Waals surface area contributed by atoms with Gasteiger partial charge in [-0.2, -0.15) is 18.2 Å². The summed E-state index contributed by atoms with van der Waals surface area (Å²) in [6, 6.07) is 14.4. The quantitative estimate of drug-likeness (QED) is 0.675. The third-order valence-corrected chi connectivity index (χ3v) is 3.46. The van der Waals surface area contributed by atoms with Crippen molar-refractivity contribution >= 4 is 23.1 Å². The van der Waals surface area contributed by atoms with Crippen molar-refractivity contribution in [2.75, 3.05) is 10.6 Å². The minimum atomic E-state index is -4.44. The van der Waals surface area contributed by atoms with Crippen LogP contribution in [0.15, 0.2) is 60.8 Å². The molecule has 1 aromatic heterocycles. The van der Waals surface area contributed by atoms with Gasteiger partial charge in [-0.25, -0.2) is 4.98 Å². The van der Waals surface area contributed by atoms with Crippen LogP contribution in [-0.4, -0.2) is 9.97 Å². The van der Waals surface area contributed by atoms with Gasteiger partial charge in [0.05, 0.1) is 11.3 Å². The second-order valence-electron chi connectivity index (χ2n) is 5.42. The molecule has 0 amide bonds. The topological polar surface area (TPSA) is 49.8 Å². The number of nitrogens with one attached hydrogen (secondary N) is 2. The van der Waals surface area contributed by atoms with E-state index in [-0.39, 0.29) is 11.5 Å². The standard InChI is InChI=1S/C18H15F3N4/c1-12-6-8-13(9-7-12)23-17-22-11-10-16(25-17)24-15-5-3-2-4-14(15)18(19,20)21/h2-11H,1H3,(H2,22,23,24,25). The molecule has 0 aliphatic rings. The fraction of sp³-hybridized carbons (Fsp3) is 0.111. The van der Waals surface area contributed by atoms with Crippen molar-refractivity contribution in [3.63, 3.8) is 0 Å². The number of aryl methyl sites for hydroxylation is 1. The van der Waals surface area contributed by atoms with Gasteiger partial charge in [-0.15, -0.1) is 0 Å². The van der Waals surface area contributed by atoms with E-state index in [2.05, 4.69) is 20.6 Å². The highest BCUT2D eigenvalue weighted by molar-refractivity contribution is 5.63. The Bertz CT molecular complexity index is 861. The number of rotatable bonds is 4. The van der Waals surface area contributed by atoms with Crippen molar-refractivity contribution in [2.45, 2.75) is 13.1 Å². The molecule has 3 rings (SSSR count). The molecule has 0 bridgehead atoms. The van der Waals surface area contributed by atoms with E-state index in [4.69, 9.17) is 0 Å². The molecule has 0 spiro atoms. The van der Waals surface area contributed by atoms with Crippen LogP contribution in [0.3, 0.4) is 0 Å². The van der Waals surface area contributed by atoms with Crippen LogP contribution in [0.4, 0.5) is 36.3 Å². The molecule has 2 aromatic carbocycles. The predicted octanol–water partition coefficient (Wildman–Crippen LogP) is 5.29. The fourth-order valence-corrected chi connectivity index (χ4v) is 2.23. The number of hydrogen-bond donors (Lipinski definition) is 2. The first-order valence-corrected chi connectivity index (χ1v) is 7.52. The Kier molecular flexibility index (Phi) is 4.56. The molecule has 0 radical (unpaired) electrons. The van der Waals surface area contributed by atoms with E-state index in [1.165, 1.54) is 30.5 Å². The summed E-state index contributed by atoms with van der Waals surface area (Å²) in [7, 11) is 0. The van der Waals surface area contributed by atoms with Gasteiger partial charge in [-0.1, -0.05) is 29.8 Å². The van der Waals surface area contributed by atoms with Gasteiger partial charge >= 0.3 is 6.18 Å². The smallest absolute Gasteiger partial charge is 0.340 e. The van der Waals surface area contributed by atoms with Crippen LogP contribution in [0, 0.1) is 6.92 Å². The van der Waals surface area contributed by atoms with Gasteiger partial charge < -0.3 is 10.6 Å². The number of anilines is 4. The summed E-state index contributed by atoms with van der Waals surface area (Å²) in [5, 5.41) is 5.72. The van der Waals surface area contributed by atoms with Crippen molar-refractivity contribution in [3.8, 4) is 0 Å². The molecule has 1 heterocycles. The second kappa shape index (κ2) is 6.80. The third kappa shape index (κ3) is 4.26. The molecule has 25 heavy (non-hydrogen) atoms. The first-order chi connectivity index (χ1) is 11.9. The lowest BCUT2D eigenvalue weighted by atomic mass is 10.1. The van der Waals surface area contributed by atoms with Crippen molar-refractivity contribution in [3.05, 3.63) is 71.9 Å². The summed E-state index contributed by atoms with van der Waals surface area (Å²) in [5.41, 5.74) is 1.10. The van der Waals surface area contributed by atoms with Crippen LogP contribution >= 0.6 is 0 Å². The monoisotopic (exact) mass is 344 g/mol. The Labute approximate surface area is 142 Å². The summed E-state index contributed by atoms with van der Waals surface area (Å²) in [5.74, 6) is 0.555. The zero-order valence-electron chi connectivity index (χ0n) is 13.3. The second-order valence-corrected chi connectivity index (χ2v) is 5.42.